The van der Waals surface area contributed by atoms with Gasteiger partial charge in [-0.25, -0.2) is 4.68 Å². The summed E-state index contributed by atoms with van der Waals surface area (Å²) in [5.74, 6) is -0.0612. The van der Waals surface area contributed by atoms with E-state index in [-0.39, 0.29) is 11.9 Å². The summed E-state index contributed by atoms with van der Waals surface area (Å²) in [5.41, 5.74) is 0.638. The molecular formula is C12H12N2O3. The molecule has 0 aliphatic carbocycles. The molecule has 0 unspecified atom stereocenters. The van der Waals surface area contributed by atoms with Gasteiger partial charge in [0.05, 0.1) is 17.1 Å². The Balaban J connectivity index is 2.52. The molecule has 0 N–H and O–H groups in total. The quantitative estimate of drug-likeness (QED) is 0.587. The van der Waals surface area contributed by atoms with Gasteiger partial charge < -0.3 is 4.74 Å². The lowest BCUT2D eigenvalue weighted by atomic mass is 10.2. The second-order valence-corrected chi connectivity index (χ2v) is 3.59. The van der Waals surface area contributed by atoms with Crippen LogP contribution in [0.1, 0.15) is 25.1 Å². The summed E-state index contributed by atoms with van der Waals surface area (Å²) in [6.45, 7) is 3.15. The van der Waals surface area contributed by atoms with Gasteiger partial charge in [-0.15, -0.1) is 0 Å². The number of rotatable bonds is 2. The smallest absolute Gasteiger partial charge is 0.310 e. The molecule has 17 heavy (non-hydrogen) atoms. The molecule has 1 aromatic heterocycles. The summed E-state index contributed by atoms with van der Waals surface area (Å²) >= 11 is 0. The van der Waals surface area contributed by atoms with E-state index in [1.807, 2.05) is 0 Å². The number of esters is 1. The van der Waals surface area contributed by atoms with Crippen LogP contribution in [0.5, 0.6) is 5.75 Å². The number of aromatic nitrogens is 2. The van der Waals surface area contributed by atoms with Crippen molar-refractivity contribution in [3.05, 3.63) is 24.4 Å². The van der Waals surface area contributed by atoms with Crippen LogP contribution in [0.2, 0.25) is 0 Å². The van der Waals surface area contributed by atoms with Crippen molar-refractivity contribution in [3.63, 3.8) is 0 Å². The second kappa shape index (κ2) is 4.37. The number of carbonyl (C=O) groups is 2. The number of fused-ring (bicyclic) bond motifs is 1. The summed E-state index contributed by atoms with van der Waals surface area (Å²) in [4.78, 5) is 22.6. The van der Waals surface area contributed by atoms with Crippen LogP contribution in [0.3, 0.4) is 0 Å². The third kappa shape index (κ3) is 2.04. The molecule has 0 bridgehead atoms. The fourth-order valence-electron chi connectivity index (χ4n) is 1.56. The normalized spacial score (nSPS) is 10.5. The van der Waals surface area contributed by atoms with Crippen LogP contribution in [-0.2, 0) is 4.79 Å². The minimum absolute atomic E-state index is 0.182. The molecule has 1 aromatic carbocycles. The molecule has 0 atom stereocenters. The third-order valence-electron chi connectivity index (χ3n) is 2.38. The first-order valence-corrected chi connectivity index (χ1v) is 5.32. The summed E-state index contributed by atoms with van der Waals surface area (Å²) in [6.07, 6.45) is 1.83. The van der Waals surface area contributed by atoms with E-state index >= 15 is 0 Å². The minimum atomic E-state index is -0.312. The Labute approximate surface area is 98.0 Å². The lowest BCUT2D eigenvalue weighted by Gasteiger charge is -2.04. The van der Waals surface area contributed by atoms with Crippen LogP contribution in [0.15, 0.2) is 24.4 Å². The van der Waals surface area contributed by atoms with Crippen LogP contribution < -0.4 is 4.74 Å². The highest BCUT2D eigenvalue weighted by Crippen LogP contribution is 2.25. The van der Waals surface area contributed by atoms with Gasteiger partial charge in [0.25, 0.3) is 0 Å². The maximum Gasteiger partial charge on any atom is 0.310 e. The highest BCUT2D eigenvalue weighted by atomic mass is 16.5. The standard InChI is InChI=1S/C12H12N2O3/c1-3-12(16)17-11-6-4-5-10-9(11)7-13-14(10)8(2)15/h4-7H,3H2,1-2H3. The van der Waals surface area contributed by atoms with Gasteiger partial charge in [-0.1, -0.05) is 13.0 Å². The van der Waals surface area contributed by atoms with Crippen LogP contribution in [0, 0.1) is 0 Å². The molecule has 0 aliphatic heterocycles. The Kier molecular flexibility index (Phi) is 2.91. The molecule has 0 amide bonds. The van der Waals surface area contributed by atoms with E-state index in [1.54, 1.807) is 25.1 Å². The largest absolute Gasteiger partial charge is 0.426 e. The van der Waals surface area contributed by atoms with Gasteiger partial charge in [0, 0.05) is 13.3 Å². The van der Waals surface area contributed by atoms with Crippen LogP contribution in [0.25, 0.3) is 10.9 Å². The zero-order valence-corrected chi connectivity index (χ0v) is 9.64. The third-order valence-corrected chi connectivity index (χ3v) is 2.38. The predicted molar refractivity (Wildman–Crippen MR) is 62.0 cm³/mol. The molecule has 0 saturated heterocycles. The number of benzene rings is 1. The van der Waals surface area contributed by atoms with Crippen molar-refractivity contribution in [3.8, 4) is 5.75 Å². The fraction of sp³-hybridized carbons (Fsp3) is 0.250. The summed E-state index contributed by atoms with van der Waals surface area (Å²) < 4.78 is 6.44. The van der Waals surface area contributed by atoms with Gasteiger partial charge in [-0.2, -0.15) is 5.10 Å². The van der Waals surface area contributed by atoms with E-state index in [2.05, 4.69) is 5.10 Å². The van der Waals surface area contributed by atoms with Crippen LogP contribution in [-0.4, -0.2) is 21.7 Å². The Morgan fingerprint density at radius 1 is 1.41 bits per heavy atom. The molecule has 0 fully saturated rings. The number of ether oxygens (including phenoxy) is 1. The Bertz CT molecular complexity index is 586. The predicted octanol–water partition coefficient (Wildman–Crippen LogP) is 2.01. The minimum Gasteiger partial charge on any atom is -0.426 e. The van der Waals surface area contributed by atoms with Crippen molar-refractivity contribution in [1.29, 1.82) is 0 Å². The van der Waals surface area contributed by atoms with Gasteiger partial charge in [0.1, 0.15) is 5.75 Å². The van der Waals surface area contributed by atoms with E-state index in [1.165, 1.54) is 17.8 Å². The fourth-order valence-corrected chi connectivity index (χ4v) is 1.56. The molecule has 2 rings (SSSR count). The second-order valence-electron chi connectivity index (χ2n) is 3.59. The molecule has 5 nitrogen and oxygen atoms in total. The van der Waals surface area contributed by atoms with Crippen LogP contribution in [0.4, 0.5) is 0 Å². The number of hydrogen-bond acceptors (Lipinski definition) is 4. The monoisotopic (exact) mass is 232 g/mol. The summed E-state index contributed by atoms with van der Waals surface area (Å²) in [7, 11) is 0. The van der Waals surface area contributed by atoms with Gasteiger partial charge >= 0.3 is 5.97 Å². The molecule has 0 aliphatic rings. The zero-order valence-electron chi connectivity index (χ0n) is 9.64. The number of hydrogen-bond donors (Lipinski definition) is 0. The van der Waals surface area contributed by atoms with Gasteiger partial charge in [0.2, 0.25) is 5.91 Å². The maximum absolute atomic E-state index is 11.3. The molecule has 0 radical (unpaired) electrons. The highest BCUT2D eigenvalue weighted by molar-refractivity contribution is 5.94. The first-order chi connectivity index (χ1) is 8.13. The van der Waals surface area contributed by atoms with E-state index < -0.39 is 0 Å². The molecule has 5 heteroatoms. The van der Waals surface area contributed by atoms with Crippen LogP contribution >= 0.6 is 0 Å². The first-order valence-electron chi connectivity index (χ1n) is 5.32. The van der Waals surface area contributed by atoms with Gasteiger partial charge in [0.15, 0.2) is 0 Å². The molecule has 0 spiro atoms. The van der Waals surface area contributed by atoms with Crippen molar-refractivity contribution in [1.82, 2.24) is 9.78 Å². The molecule has 1 heterocycles. The van der Waals surface area contributed by atoms with E-state index in [0.717, 1.165) is 0 Å². The zero-order chi connectivity index (χ0) is 12.4. The average molecular weight is 232 g/mol. The van der Waals surface area contributed by atoms with Crippen molar-refractivity contribution < 1.29 is 14.3 Å². The Hall–Kier alpha value is -2.17. The number of nitrogens with zero attached hydrogens (tertiary/aromatic N) is 2. The SMILES string of the molecule is CCC(=O)Oc1cccc2c1cnn2C(C)=O. The number of carbonyl (C=O) groups excluding carboxylic acids is 2. The van der Waals surface area contributed by atoms with E-state index in [9.17, 15) is 9.59 Å². The molecule has 0 saturated carbocycles. The summed E-state index contributed by atoms with van der Waals surface area (Å²) in [5, 5.41) is 4.62. The van der Waals surface area contributed by atoms with Crippen molar-refractivity contribution in [2.45, 2.75) is 20.3 Å². The molecular weight excluding hydrogens is 220 g/mol. The van der Waals surface area contributed by atoms with E-state index in [0.29, 0.717) is 23.1 Å². The average Bonchev–Trinajstić information content (AvgIpc) is 2.73. The Morgan fingerprint density at radius 2 is 2.18 bits per heavy atom. The lowest BCUT2D eigenvalue weighted by molar-refractivity contribution is -0.133. The van der Waals surface area contributed by atoms with Gasteiger partial charge in [-0.3, -0.25) is 9.59 Å². The molecule has 2 aromatic rings. The molecule has 88 valence electrons. The van der Waals surface area contributed by atoms with Crippen molar-refractivity contribution >= 4 is 22.8 Å². The van der Waals surface area contributed by atoms with Gasteiger partial charge in [-0.05, 0) is 12.1 Å². The maximum atomic E-state index is 11.3. The van der Waals surface area contributed by atoms with E-state index in [4.69, 9.17) is 4.74 Å². The Morgan fingerprint density at radius 3 is 2.82 bits per heavy atom. The van der Waals surface area contributed by atoms with Crippen molar-refractivity contribution in [2.75, 3.05) is 0 Å². The topological polar surface area (TPSA) is 61.2 Å². The van der Waals surface area contributed by atoms with Crippen molar-refractivity contribution in [2.24, 2.45) is 0 Å². The first kappa shape index (κ1) is 11.3. The highest BCUT2D eigenvalue weighted by Gasteiger charge is 2.11. The lowest BCUT2D eigenvalue weighted by Crippen LogP contribution is -2.07. The summed E-state index contributed by atoms with van der Waals surface area (Å²) in [6, 6.07) is 5.16.